The highest BCUT2D eigenvalue weighted by molar-refractivity contribution is 5.47. The Kier molecular flexibility index (Phi) is 4.46. The zero-order chi connectivity index (χ0) is 15.9. The summed E-state index contributed by atoms with van der Waals surface area (Å²) >= 11 is 0. The van der Waals surface area contributed by atoms with Crippen LogP contribution >= 0.6 is 0 Å². The third-order valence-corrected chi connectivity index (χ3v) is 3.94. The molecule has 0 amide bonds. The normalized spacial score (nSPS) is 13.7. The highest BCUT2D eigenvalue weighted by Gasteiger charge is 2.28. The van der Waals surface area contributed by atoms with Gasteiger partial charge < -0.3 is 5.73 Å². The van der Waals surface area contributed by atoms with Crippen molar-refractivity contribution >= 4 is 0 Å². The summed E-state index contributed by atoms with van der Waals surface area (Å²) in [7, 11) is 0. The lowest BCUT2D eigenvalue weighted by Gasteiger charge is -2.33. The maximum absolute atomic E-state index is 6.10. The van der Waals surface area contributed by atoms with E-state index in [2.05, 4.69) is 74.4 Å². The van der Waals surface area contributed by atoms with Gasteiger partial charge in [0.05, 0.1) is 0 Å². The molecule has 1 rings (SSSR count). The molecule has 2 N–H and O–H groups in total. The molecule has 0 aliphatic heterocycles. The Morgan fingerprint density at radius 2 is 1.05 bits per heavy atom. The van der Waals surface area contributed by atoms with Crippen molar-refractivity contribution in [1.29, 1.82) is 0 Å². The first kappa shape index (κ1) is 17.2. The van der Waals surface area contributed by atoms with Crippen LogP contribution < -0.4 is 5.73 Å². The molecule has 0 heterocycles. The summed E-state index contributed by atoms with van der Waals surface area (Å²) in [5, 5.41) is 0. The van der Waals surface area contributed by atoms with Crippen LogP contribution in [0.15, 0.2) is 12.1 Å². The summed E-state index contributed by atoms with van der Waals surface area (Å²) < 4.78 is 0. The monoisotopic (exact) mass is 275 g/mol. The summed E-state index contributed by atoms with van der Waals surface area (Å²) in [5.74, 6) is 0. The van der Waals surface area contributed by atoms with Crippen LogP contribution in [0.25, 0.3) is 0 Å². The number of nitrogens with two attached hydrogens (primary N) is 1. The summed E-state index contributed by atoms with van der Waals surface area (Å²) in [5.41, 5.74) is 12.0. The highest BCUT2D eigenvalue weighted by atomic mass is 14.5. The van der Waals surface area contributed by atoms with Gasteiger partial charge >= 0.3 is 0 Å². The third-order valence-electron chi connectivity index (χ3n) is 3.94. The Morgan fingerprint density at radius 1 is 0.700 bits per heavy atom. The van der Waals surface area contributed by atoms with Crippen molar-refractivity contribution in [2.75, 3.05) is 0 Å². The summed E-state index contributed by atoms with van der Waals surface area (Å²) in [6.45, 7) is 21.1. The fourth-order valence-electron chi connectivity index (χ4n) is 2.66. The Labute approximate surface area is 126 Å². The van der Waals surface area contributed by atoms with Crippen LogP contribution in [0.1, 0.15) is 84.6 Å². The number of benzene rings is 1. The van der Waals surface area contributed by atoms with E-state index >= 15 is 0 Å². The molecule has 0 bridgehead atoms. The summed E-state index contributed by atoms with van der Waals surface area (Å²) in [6, 6.07) is 4.74. The van der Waals surface area contributed by atoms with E-state index in [-0.39, 0.29) is 16.2 Å². The second-order valence-electron chi connectivity index (χ2n) is 9.00. The molecule has 0 saturated heterocycles. The van der Waals surface area contributed by atoms with E-state index in [0.717, 1.165) is 0 Å². The van der Waals surface area contributed by atoms with Gasteiger partial charge in [-0.25, -0.2) is 0 Å². The lowest BCUT2D eigenvalue weighted by atomic mass is 9.72. The van der Waals surface area contributed by atoms with Crippen molar-refractivity contribution in [2.45, 2.75) is 85.1 Å². The molecule has 1 nitrogen and oxygen atoms in total. The Balaban J connectivity index is 3.75. The van der Waals surface area contributed by atoms with Crippen molar-refractivity contribution in [1.82, 2.24) is 0 Å². The van der Waals surface area contributed by atoms with Crippen LogP contribution in [0.2, 0.25) is 0 Å². The molecule has 0 fully saturated rings. The van der Waals surface area contributed by atoms with Gasteiger partial charge in [-0.2, -0.15) is 0 Å². The van der Waals surface area contributed by atoms with E-state index in [9.17, 15) is 0 Å². The molecule has 0 aliphatic rings. The maximum atomic E-state index is 6.10. The second-order valence-corrected chi connectivity index (χ2v) is 9.00. The van der Waals surface area contributed by atoms with E-state index < -0.39 is 0 Å². The molecule has 0 radical (unpaired) electrons. The minimum absolute atomic E-state index is 0.121. The molecule has 0 aromatic heterocycles. The van der Waals surface area contributed by atoms with Crippen LogP contribution in [0.3, 0.4) is 0 Å². The van der Waals surface area contributed by atoms with Gasteiger partial charge in [-0.05, 0) is 38.5 Å². The highest BCUT2D eigenvalue weighted by Crippen LogP contribution is 2.37. The first-order valence-corrected chi connectivity index (χ1v) is 7.67. The van der Waals surface area contributed by atoms with Gasteiger partial charge in [-0.3, -0.25) is 0 Å². The van der Waals surface area contributed by atoms with E-state index in [1.807, 2.05) is 0 Å². The molecular weight excluding hydrogens is 242 g/mol. The number of hydrogen-bond acceptors (Lipinski definition) is 1. The Bertz CT molecular complexity index is 441. The minimum Gasteiger partial charge on any atom is -0.326 e. The van der Waals surface area contributed by atoms with E-state index in [1.165, 1.54) is 22.3 Å². The zero-order valence-electron chi connectivity index (χ0n) is 14.9. The molecule has 114 valence electrons. The van der Waals surface area contributed by atoms with Gasteiger partial charge in [0.1, 0.15) is 0 Å². The topological polar surface area (TPSA) is 26.0 Å². The van der Waals surface area contributed by atoms with Gasteiger partial charge in [0.2, 0.25) is 0 Å². The zero-order valence-corrected chi connectivity index (χ0v) is 14.9. The Morgan fingerprint density at radius 3 is 1.25 bits per heavy atom. The average Bonchev–Trinajstić information content (AvgIpc) is 2.23. The van der Waals surface area contributed by atoms with Crippen molar-refractivity contribution < 1.29 is 0 Å². The predicted octanol–water partition coefficient (Wildman–Crippen LogP) is 5.04. The lowest BCUT2D eigenvalue weighted by Crippen LogP contribution is -2.25. The van der Waals surface area contributed by atoms with Crippen LogP contribution in [-0.2, 0) is 22.8 Å². The van der Waals surface area contributed by atoms with Crippen molar-refractivity contribution in [3.8, 4) is 0 Å². The van der Waals surface area contributed by atoms with Gasteiger partial charge in [-0.15, -0.1) is 0 Å². The number of rotatable bonds is 1. The van der Waals surface area contributed by atoms with E-state index in [0.29, 0.717) is 6.54 Å². The quantitative estimate of drug-likeness (QED) is 0.763. The summed E-state index contributed by atoms with van der Waals surface area (Å²) in [6.07, 6.45) is 0. The summed E-state index contributed by atoms with van der Waals surface area (Å²) in [4.78, 5) is 0. The second kappa shape index (κ2) is 5.18. The van der Waals surface area contributed by atoms with Crippen LogP contribution in [0.5, 0.6) is 0 Å². The Hall–Kier alpha value is -0.820. The van der Waals surface area contributed by atoms with Crippen molar-refractivity contribution in [3.05, 3.63) is 34.4 Å². The fraction of sp³-hybridized carbons (Fsp3) is 0.684. The van der Waals surface area contributed by atoms with Crippen LogP contribution in [0.4, 0.5) is 0 Å². The molecule has 0 unspecified atom stereocenters. The predicted molar refractivity (Wildman–Crippen MR) is 90.4 cm³/mol. The molecule has 0 aliphatic carbocycles. The molecule has 0 atom stereocenters. The lowest BCUT2D eigenvalue weighted by molar-refractivity contribution is 0.538. The minimum atomic E-state index is 0.121. The smallest absolute Gasteiger partial charge is 0.0184 e. The van der Waals surface area contributed by atoms with Crippen molar-refractivity contribution in [2.24, 2.45) is 5.73 Å². The molecule has 1 aromatic rings. The fourth-order valence-corrected chi connectivity index (χ4v) is 2.66. The average molecular weight is 275 g/mol. The SMILES string of the molecule is CC(C)(C)c1cc(C(C)(C)C)c(CN)c(C(C)(C)C)c1. The van der Waals surface area contributed by atoms with Crippen LogP contribution in [-0.4, -0.2) is 0 Å². The molecule has 1 heteroatoms. The van der Waals surface area contributed by atoms with Gasteiger partial charge in [0, 0.05) is 6.54 Å². The molecular formula is C19H33N. The van der Waals surface area contributed by atoms with Gasteiger partial charge in [0.15, 0.2) is 0 Å². The molecule has 0 saturated carbocycles. The molecule has 1 aromatic carbocycles. The van der Waals surface area contributed by atoms with Crippen molar-refractivity contribution in [3.63, 3.8) is 0 Å². The third kappa shape index (κ3) is 3.63. The van der Waals surface area contributed by atoms with Gasteiger partial charge in [-0.1, -0.05) is 74.4 Å². The van der Waals surface area contributed by atoms with E-state index in [4.69, 9.17) is 5.73 Å². The van der Waals surface area contributed by atoms with Crippen LogP contribution in [0, 0.1) is 0 Å². The standard InChI is InChI=1S/C19H33N/c1-17(2,3)13-10-15(18(4,5)6)14(12-20)16(11-13)19(7,8)9/h10-11H,12,20H2,1-9H3. The largest absolute Gasteiger partial charge is 0.326 e. The molecule has 20 heavy (non-hydrogen) atoms. The molecule has 0 spiro atoms. The maximum Gasteiger partial charge on any atom is 0.0184 e. The first-order chi connectivity index (χ1) is 8.78. The number of hydrogen-bond donors (Lipinski definition) is 1. The van der Waals surface area contributed by atoms with E-state index in [1.54, 1.807) is 0 Å². The first-order valence-electron chi connectivity index (χ1n) is 7.67. The van der Waals surface area contributed by atoms with Gasteiger partial charge in [0.25, 0.3) is 0 Å².